The van der Waals surface area contributed by atoms with Gasteiger partial charge in [0.25, 0.3) is 5.56 Å². The van der Waals surface area contributed by atoms with Crippen LogP contribution in [0.3, 0.4) is 0 Å². The molecule has 0 bridgehead atoms. The van der Waals surface area contributed by atoms with Gasteiger partial charge in [-0.3, -0.25) is 13.5 Å². The molecule has 156 valence electrons. The van der Waals surface area contributed by atoms with E-state index in [0.29, 0.717) is 29.0 Å². The van der Waals surface area contributed by atoms with Crippen LogP contribution in [0.1, 0.15) is 34.2 Å². The number of aryl methyl sites for hydroxylation is 1. The molecule has 1 unspecified atom stereocenters. The number of carbonyl (C=O) groups is 1. The largest absolute Gasteiger partial charge is 0.456 e. The van der Waals surface area contributed by atoms with Crippen LogP contribution in [0.2, 0.25) is 0 Å². The second kappa shape index (κ2) is 7.24. The molecule has 0 saturated carbocycles. The Morgan fingerprint density at radius 1 is 1.23 bits per heavy atom. The lowest BCUT2D eigenvalue weighted by Gasteiger charge is -2.21. The number of hydrogen-bond acceptors (Lipinski definition) is 6. The van der Waals surface area contributed by atoms with Gasteiger partial charge in [0, 0.05) is 17.8 Å². The van der Waals surface area contributed by atoms with Gasteiger partial charge < -0.3 is 4.74 Å². The summed E-state index contributed by atoms with van der Waals surface area (Å²) in [6.07, 6.45) is 1.69. The molecule has 0 N–H and O–H groups in total. The van der Waals surface area contributed by atoms with Crippen molar-refractivity contribution in [3.8, 4) is 0 Å². The molecule has 3 aromatic rings. The maximum absolute atomic E-state index is 12.5. The molecule has 1 aliphatic rings. The first-order chi connectivity index (χ1) is 14.1. The van der Waals surface area contributed by atoms with Gasteiger partial charge in [-0.25, -0.2) is 18.2 Å². The zero-order chi connectivity index (χ0) is 21.6. The number of anilines is 1. The second-order valence-electron chi connectivity index (χ2n) is 7.48. The fourth-order valence-corrected chi connectivity index (χ4v) is 5.16. The second-order valence-corrected chi connectivity index (χ2v) is 9.34. The number of ether oxygens (including phenoxy) is 1. The minimum Gasteiger partial charge on any atom is -0.456 e. The van der Waals surface area contributed by atoms with E-state index < -0.39 is 16.0 Å². The number of benzene rings is 1. The van der Waals surface area contributed by atoms with Crippen molar-refractivity contribution in [2.45, 2.75) is 32.9 Å². The highest BCUT2D eigenvalue weighted by atomic mass is 32.2. The summed E-state index contributed by atoms with van der Waals surface area (Å²) < 4.78 is 32.3. The number of esters is 1. The first kappa shape index (κ1) is 20.1. The summed E-state index contributed by atoms with van der Waals surface area (Å²) in [5.74, 6) is -0.561. The molecule has 9 heteroatoms. The highest BCUT2D eigenvalue weighted by Gasteiger charge is 2.32. The molecule has 1 atom stereocenters. The van der Waals surface area contributed by atoms with Crippen molar-refractivity contribution < 1.29 is 17.9 Å². The van der Waals surface area contributed by atoms with E-state index >= 15 is 0 Å². The van der Waals surface area contributed by atoms with E-state index in [1.54, 1.807) is 30.3 Å². The number of aromatic nitrogens is 2. The van der Waals surface area contributed by atoms with Crippen LogP contribution in [0.5, 0.6) is 0 Å². The van der Waals surface area contributed by atoms with Crippen LogP contribution in [-0.4, -0.2) is 36.1 Å². The summed E-state index contributed by atoms with van der Waals surface area (Å²) in [5.41, 5.74) is 3.06. The lowest BCUT2D eigenvalue weighted by atomic mass is 10.1. The third kappa shape index (κ3) is 3.56. The standard InChI is InChI=1S/C21H21N3O5S/c1-13-5-4-6-19-22-17(11-20(25)23(13)19)12-29-21(26)15-7-8-18-16(10-15)9-14(2)24(18)30(3,27)28/h4-8,10-11,14H,9,12H2,1-3H3. The quantitative estimate of drug-likeness (QED) is 0.591. The number of hydrogen-bond donors (Lipinski definition) is 0. The Hall–Kier alpha value is -3.20. The van der Waals surface area contributed by atoms with Crippen LogP contribution in [0.25, 0.3) is 5.65 Å². The Morgan fingerprint density at radius 2 is 2.00 bits per heavy atom. The van der Waals surface area contributed by atoms with E-state index in [1.807, 2.05) is 19.9 Å². The molecule has 0 amide bonds. The summed E-state index contributed by atoms with van der Waals surface area (Å²) in [4.78, 5) is 29.2. The lowest BCUT2D eigenvalue weighted by Crippen LogP contribution is -2.34. The summed E-state index contributed by atoms with van der Waals surface area (Å²) in [6, 6.07) is 11.3. The number of nitrogens with zero attached hydrogens (tertiary/aromatic N) is 3. The van der Waals surface area contributed by atoms with Gasteiger partial charge >= 0.3 is 5.97 Å². The fraction of sp³-hybridized carbons (Fsp3) is 0.286. The van der Waals surface area contributed by atoms with Gasteiger partial charge in [-0.1, -0.05) is 6.07 Å². The van der Waals surface area contributed by atoms with E-state index in [-0.39, 0.29) is 18.2 Å². The third-order valence-corrected chi connectivity index (χ3v) is 6.38. The predicted octanol–water partition coefficient (Wildman–Crippen LogP) is 2.07. The highest BCUT2D eigenvalue weighted by Crippen LogP contribution is 2.34. The van der Waals surface area contributed by atoms with Crippen molar-refractivity contribution in [2.75, 3.05) is 10.6 Å². The average molecular weight is 427 g/mol. The van der Waals surface area contributed by atoms with E-state index in [1.165, 1.54) is 21.0 Å². The Labute approximate surface area is 173 Å². The van der Waals surface area contributed by atoms with Gasteiger partial charge in [0.1, 0.15) is 12.3 Å². The first-order valence-electron chi connectivity index (χ1n) is 9.43. The van der Waals surface area contributed by atoms with Crippen molar-refractivity contribution in [2.24, 2.45) is 0 Å². The lowest BCUT2D eigenvalue weighted by molar-refractivity contribution is 0.0467. The van der Waals surface area contributed by atoms with E-state index in [9.17, 15) is 18.0 Å². The number of pyridine rings is 1. The molecule has 0 spiro atoms. The van der Waals surface area contributed by atoms with Crippen LogP contribution in [0.15, 0.2) is 47.3 Å². The molecule has 0 saturated heterocycles. The van der Waals surface area contributed by atoms with Crippen LogP contribution in [-0.2, 0) is 27.8 Å². The Morgan fingerprint density at radius 3 is 2.73 bits per heavy atom. The Bertz CT molecular complexity index is 1330. The van der Waals surface area contributed by atoms with Crippen LogP contribution < -0.4 is 9.86 Å². The molecule has 8 nitrogen and oxygen atoms in total. The van der Waals surface area contributed by atoms with Crippen LogP contribution in [0.4, 0.5) is 5.69 Å². The van der Waals surface area contributed by atoms with Crippen molar-refractivity contribution in [3.63, 3.8) is 0 Å². The minimum absolute atomic E-state index is 0.137. The summed E-state index contributed by atoms with van der Waals surface area (Å²) in [5, 5.41) is 0. The molecule has 1 aromatic carbocycles. The first-order valence-corrected chi connectivity index (χ1v) is 11.3. The Kier molecular flexibility index (Phi) is 4.85. The molecule has 3 heterocycles. The molecule has 1 aliphatic heterocycles. The third-order valence-electron chi connectivity index (χ3n) is 5.11. The smallest absolute Gasteiger partial charge is 0.338 e. The van der Waals surface area contributed by atoms with Gasteiger partial charge in [-0.15, -0.1) is 0 Å². The van der Waals surface area contributed by atoms with Gasteiger partial charge in [-0.05, 0) is 56.2 Å². The predicted molar refractivity (Wildman–Crippen MR) is 112 cm³/mol. The van der Waals surface area contributed by atoms with Gasteiger partial charge in [0.15, 0.2) is 0 Å². The van der Waals surface area contributed by atoms with E-state index in [4.69, 9.17) is 4.74 Å². The molecule has 0 aliphatic carbocycles. The SMILES string of the molecule is Cc1cccc2nc(COC(=O)c3ccc4c(c3)CC(C)N4S(C)(=O)=O)cc(=O)n12. The molecule has 2 aromatic heterocycles. The van der Waals surface area contributed by atoms with Crippen molar-refractivity contribution >= 4 is 27.3 Å². The maximum atomic E-state index is 12.5. The fourth-order valence-electron chi connectivity index (χ4n) is 3.90. The molecule has 0 radical (unpaired) electrons. The zero-order valence-electron chi connectivity index (χ0n) is 16.8. The Balaban J connectivity index is 1.54. The summed E-state index contributed by atoms with van der Waals surface area (Å²) in [7, 11) is -3.39. The average Bonchev–Trinajstić information content (AvgIpc) is 3.01. The molecule has 4 rings (SSSR count). The van der Waals surface area contributed by atoms with Gasteiger partial charge in [0.05, 0.1) is 23.2 Å². The highest BCUT2D eigenvalue weighted by molar-refractivity contribution is 7.92. The van der Waals surface area contributed by atoms with Crippen LogP contribution in [0, 0.1) is 6.92 Å². The van der Waals surface area contributed by atoms with Crippen LogP contribution >= 0.6 is 0 Å². The monoisotopic (exact) mass is 427 g/mol. The summed E-state index contributed by atoms with van der Waals surface area (Å²) >= 11 is 0. The maximum Gasteiger partial charge on any atom is 0.338 e. The number of fused-ring (bicyclic) bond motifs is 2. The zero-order valence-corrected chi connectivity index (χ0v) is 17.6. The van der Waals surface area contributed by atoms with E-state index in [2.05, 4.69) is 4.98 Å². The van der Waals surface area contributed by atoms with E-state index in [0.717, 1.165) is 11.3 Å². The molecular weight excluding hydrogens is 406 g/mol. The topological polar surface area (TPSA) is 98.0 Å². The van der Waals surface area contributed by atoms with Crippen molar-refractivity contribution in [1.29, 1.82) is 0 Å². The number of sulfonamides is 1. The minimum atomic E-state index is -3.39. The van der Waals surface area contributed by atoms with Crippen molar-refractivity contribution in [1.82, 2.24) is 9.38 Å². The number of rotatable bonds is 4. The van der Waals surface area contributed by atoms with Gasteiger partial charge in [-0.2, -0.15) is 0 Å². The van der Waals surface area contributed by atoms with Crippen molar-refractivity contribution in [3.05, 3.63) is 75.3 Å². The molecule has 30 heavy (non-hydrogen) atoms. The normalized spacial score (nSPS) is 16.0. The molecular formula is C21H21N3O5S. The van der Waals surface area contributed by atoms with Gasteiger partial charge in [0.2, 0.25) is 10.0 Å². The molecule has 0 fully saturated rings. The number of carbonyl (C=O) groups excluding carboxylic acids is 1. The summed E-state index contributed by atoms with van der Waals surface area (Å²) in [6.45, 7) is 3.50.